The summed E-state index contributed by atoms with van der Waals surface area (Å²) in [6.07, 6.45) is 1.17. The molecule has 2 heterocycles. The summed E-state index contributed by atoms with van der Waals surface area (Å²) in [6, 6.07) is 7.35. The molecule has 0 atom stereocenters. The first-order valence-corrected chi connectivity index (χ1v) is 6.61. The highest BCUT2D eigenvalue weighted by Gasteiger charge is 2.15. The SMILES string of the molecule is O=C(NN=Cc1ccc([N+](=O)[O-])o1)c1ccc2c(c1)OCCO2. The molecule has 0 bridgehead atoms. The predicted molar refractivity (Wildman–Crippen MR) is 77.9 cm³/mol. The number of carbonyl (C=O) groups excluding carboxylic acids is 1. The number of nitrogens with one attached hydrogen (secondary N) is 1. The van der Waals surface area contributed by atoms with Crippen molar-refractivity contribution in [3.05, 3.63) is 51.8 Å². The molecule has 1 aliphatic rings. The van der Waals surface area contributed by atoms with Crippen LogP contribution in [0.3, 0.4) is 0 Å². The van der Waals surface area contributed by atoms with Crippen molar-refractivity contribution in [2.24, 2.45) is 5.10 Å². The van der Waals surface area contributed by atoms with Crippen LogP contribution < -0.4 is 14.9 Å². The summed E-state index contributed by atoms with van der Waals surface area (Å²) in [5, 5.41) is 14.2. The van der Waals surface area contributed by atoms with Gasteiger partial charge in [-0.15, -0.1) is 0 Å². The Hall–Kier alpha value is -3.36. The minimum atomic E-state index is -0.662. The van der Waals surface area contributed by atoms with E-state index in [1.54, 1.807) is 18.2 Å². The number of nitrogens with zero attached hydrogens (tertiary/aromatic N) is 2. The highest BCUT2D eigenvalue weighted by molar-refractivity contribution is 5.95. The molecule has 0 aliphatic carbocycles. The van der Waals surface area contributed by atoms with Crippen molar-refractivity contribution in [3.8, 4) is 11.5 Å². The van der Waals surface area contributed by atoms with E-state index in [9.17, 15) is 14.9 Å². The van der Waals surface area contributed by atoms with Crippen LogP contribution in [0.25, 0.3) is 0 Å². The average molecular weight is 317 g/mol. The fraction of sp³-hybridized carbons (Fsp3) is 0.143. The second-order valence-electron chi connectivity index (χ2n) is 4.49. The molecule has 0 saturated heterocycles. The third kappa shape index (κ3) is 3.28. The molecule has 1 aliphatic heterocycles. The minimum Gasteiger partial charge on any atom is -0.486 e. The van der Waals surface area contributed by atoms with Crippen LogP contribution in [0.5, 0.6) is 11.5 Å². The molecule has 118 valence electrons. The summed E-state index contributed by atoms with van der Waals surface area (Å²) in [6.45, 7) is 0.894. The fourth-order valence-electron chi connectivity index (χ4n) is 1.91. The Kier molecular flexibility index (Phi) is 3.91. The van der Waals surface area contributed by atoms with Crippen molar-refractivity contribution in [1.29, 1.82) is 0 Å². The molecule has 1 N–H and O–H groups in total. The van der Waals surface area contributed by atoms with Gasteiger partial charge in [0.05, 0.1) is 12.3 Å². The number of rotatable bonds is 4. The Morgan fingerprint density at radius 1 is 1.22 bits per heavy atom. The molecule has 0 fully saturated rings. The number of hydrazone groups is 1. The third-order valence-electron chi connectivity index (χ3n) is 2.95. The molecule has 0 unspecified atom stereocenters. The fourth-order valence-corrected chi connectivity index (χ4v) is 1.91. The highest BCUT2D eigenvalue weighted by atomic mass is 16.6. The number of nitro groups is 1. The van der Waals surface area contributed by atoms with Crippen LogP contribution in [0.4, 0.5) is 5.88 Å². The van der Waals surface area contributed by atoms with Crippen molar-refractivity contribution in [2.45, 2.75) is 0 Å². The molecule has 1 aromatic carbocycles. The molecule has 0 saturated carbocycles. The van der Waals surface area contributed by atoms with E-state index >= 15 is 0 Å². The minimum absolute atomic E-state index is 0.152. The number of hydrogen-bond acceptors (Lipinski definition) is 7. The number of ether oxygens (including phenoxy) is 2. The second-order valence-corrected chi connectivity index (χ2v) is 4.49. The number of hydrogen-bond donors (Lipinski definition) is 1. The van der Waals surface area contributed by atoms with Gasteiger partial charge in [0.1, 0.15) is 18.1 Å². The molecular weight excluding hydrogens is 306 g/mol. The topological polar surface area (TPSA) is 116 Å². The van der Waals surface area contributed by atoms with Gasteiger partial charge in [-0.05, 0) is 24.3 Å². The number of amides is 1. The Morgan fingerprint density at radius 3 is 2.74 bits per heavy atom. The van der Waals surface area contributed by atoms with Gasteiger partial charge >= 0.3 is 5.88 Å². The zero-order chi connectivity index (χ0) is 16.2. The molecule has 1 amide bonds. The first-order valence-electron chi connectivity index (χ1n) is 6.61. The zero-order valence-electron chi connectivity index (χ0n) is 11.7. The molecular formula is C14H11N3O6. The van der Waals surface area contributed by atoms with Gasteiger partial charge in [0.25, 0.3) is 5.91 Å². The van der Waals surface area contributed by atoms with Gasteiger partial charge in [0.2, 0.25) is 0 Å². The van der Waals surface area contributed by atoms with Crippen molar-refractivity contribution in [2.75, 3.05) is 13.2 Å². The van der Waals surface area contributed by atoms with Crippen LogP contribution in [0.1, 0.15) is 16.1 Å². The van der Waals surface area contributed by atoms with E-state index < -0.39 is 16.7 Å². The van der Waals surface area contributed by atoms with Crippen LogP contribution >= 0.6 is 0 Å². The van der Waals surface area contributed by atoms with Gasteiger partial charge in [0, 0.05) is 5.56 Å². The van der Waals surface area contributed by atoms with Crippen LogP contribution in [-0.4, -0.2) is 30.3 Å². The summed E-state index contributed by atoms with van der Waals surface area (Å²) in [7, 11) is 0. The Labute approximate surface area is 129 Å². The summed E-state index contributed by atoms with van der Waals surface area (Å²) in [5.41, 5.74) is 2.64. The van der Waals surface area contributed by atoms with Gasteiger partial charge in [-0.25, -0.2) is 5.43 Å². The molecule has 23 heavy (non-hydrogen) atoms. The lowest BCUT2D eigenvalue weighted by Gasteiger charge is -2.18. The van der Waals surface area contributed by atoms with Gasteiger partial charge in [-0.1, -0.05) is 0 Å². The van der Waals surface area contributed by atoms with Crippen molar-refractivity contribution >= 4 is 18.0 Å². The van der Waals surface area contributed by atoms with E-state index in [4.69, 9.17) is 13.9 Å². The van der Waals surface area contributed by atoms with Gasteiger partial charge < -0.3 is 13.9 Å². The van der Waals surface area contributed by atoms with E-state index in [1.807, 2.05) is 0 Å². The molecule has 0 radical (unpaired) electrons. The summed E-state index contributed by atoms with van der Waals surface area (Å²) >= 11 is 0. The van der Waals surface area contributed by atoms with Gasteiger partial charge in [-0.2, -0.15) is 5.10 Å². The maximum absolute atomic E-state index is 12.0. The molecule has 2 aromatic rings. The summed E-state index contributed by atoms with van der Waals surface area (Å²) in [4.78, 5) is 21.8. The molecule has 1 aromatic heterocycles. The zero-order valence-corrected chi connectivity index (χ0v) is 11.7. The highest BCUT2D eigenvalue weighted by Crippen LogP contribution is 2.30. The number of benzene rings is 1. The second kappa shape index (κ2) is 6.18. The smallest absolute Gasteiger partial charge is 0.433 e. The van der Waals surface area contributed by atoms with Crippen LogP contribution in [0.15, 0.2) is 39.9 Å². The van der Waals surface area contributed by atoms with E-state index in [1.165, 1.54) is 18.3 Å². The maximum atomic E-state index is 12.0. The van der Waals surface area contributed by atoms with Gasteiger partial charge in [0.15, 0.2) is 17.3 Å². The van der Waals surface area contributed by atoms with Crippen molar-refractivity contribution in [3.63, 3.8) is 0 Å². The van der Waals surface area contributed by atoms with Crippen molar-refractivity contribution < 1.29 is 23.6 Å². The largest absolute Gasteiger partial charge is 0.486 e. The van der Waals surface area contributed by atoms with Crippen molar-refractivity contribution in [1.82, 2.24) is 5.43 Å². The Bertz CT molecular complexity index is 783. The van der Waals surface area contributed by atoms with Crippen LogP contribution in [-0.2, 0) is 0 Å². The average Bonchev–Trinajstić information content (AvgIpc) is 3.03. The molecule has 0 spiro atoms. The standard InChI is InChI=1S/C14H11N3O6/c18-14(9-1-3-11-12(7-9)22-6-5-21-11)16-15-8-10-2-4-13(23-10)17(19)20/h1-4,7-8H,5-6H2,(H,16,18). The lowest BCUT2D eigenvalue weighted by molar-refractivity contribution is -0.402. The predicted octanol–water partition coefficient (Wildman–Crippen LogP) is 1.72. The number of furan rings is 1. The van der Waals surface area contributed by atoms with Crippen LogP contribution in [0.2, 0.25) is 0 Å². The number of carbonyl (C=O) groups is 1. The summed E-state index contributed by atoms with van der Waals surface area (Å²) < 4.78 is 15.6. The van der Waals surface area contributed by atoms with Crippen LogP contribution in [0, 0.1) is 10.1 Å². The number of fused-ring (bicyclic) bond motifs is 1. The lowest BCUT2D eigenvalue weighted by atomic mass is 10.2. The normalized spacial score (nSPS) is 13.0. The van der Waals surface area contributed by atoms with E-state index in [-0.39, 0.29) is 5.76 Å². The first kappa shape index (κ1) is 14.6. The summed E-state index contributed by atoms with van der Waals surface area (Å²) in [5.74, 6) is 0.372. The van der Waals surface area contributed by atoms with E-state index in [2.05, 4.69) is 10.5 Å². The maximum Gasteiger partial charge on any atom is 0.433 e. The van der Waals surface area contributed by atoms with Gasteiger partial charge in [-0.3, -0.25) is 14.9 Å². The Balaban J connectivity index is 1.64. The monoisotopic (exact) mass is 317 g/mol. The lowest BCUT2D eigenvalue weighted by Crippen LogP contribution is -2.19. The van der Waals surface area contributed by atoms with E-state index in [0.29, 0.717) is 30.3 Å². The molecule has 9 heteroatoms. The third-order valence-corrected chi connectivity index (χ3v) is 2.95. The first-order chi connectivity index (χ1) is 11.1. The molecule has 3 rings (SSSR count). The van der Waals surface area contributed by atoms with E-state index in [0.717, 1.165) is 0 Å². The Morgan fingerprint density at radius 2 is 2.00 bits per heavy atom. The molecule has 9 nitrogen and oxygen atoms in total. The quantitative estimate of drug-likeness (QED) is 0.521.